The van der Waals surface area contributed by atoms with Gasteiger partial charge in [0.25, 0.3) is 5.91 Å². The van der Waals surface area contributed by atoms with Crippen LogP contribution in [-0.2, 0) is 0 Å². The highest BCUT2D eigenvalue weighted by Gasteiger charge is 2.09. The predicted molar refractivity (Wildman–Crippen MR) is 82.6 cm³/mol. The van der Waals surface area contributed by atoms with Gasteiger partial charge in [-0.2, -0.15) is 0 Å². The minimum Gasteiger partial charge on any atom is -0.351 e. The number of amides is 1. The van der Waals surface area contributed by atoms with Crippen molar-refractivity contribution in [2.24, 2.45) is 5.73 Å². The zero-order valence-corrected chi connectivity index (χ0v) is 12.5. The average Bonchev–Trinajstić information content (AvgIpc) is 2.45. The van der Waals surface area contributed by atoms with Crippen molar-refractivity contribution in [3.63, 3.8) is 0 Å². The van der Waals surface area contributed by atoms with Crippen LogP contribution in [0.5, 0.6) is 0 Å². The fourth-order valence-corrected chi connectivity index (χ4v) is 1.71. The lowest BCUT2D eigenvalue weighted by molar-refractivity contribution is 0.0949. The molecule has 0 fully saturated rings. The summed E-state index contributed by atoms with van der Waals surface area (Å²) in [6.07, 6.45) is 0. The SMILES string of the molecule is CCN(C)CCNC(=O)c1cc(C#CCN)ccc1C. The third-order valence-corrected chi connectivity index (χ3v) is 3.14. The third kappa shape index (κ3) is 5.04. The molecule has 0 bridgehead atoms. The van der Waals surface area contributed by atoms with Crippen LogP contribution >= 0.6 is 0 Å². The number of hydrogen-bond acceptors (Lipinski definition) is 3. The van der Waals surface area contributed by atoms with Gasteiger partial charge in [0.05, 0.1) is 6.54 Å². The molecule has 0 aliphatic carbocycles. The molecule has 0 radical (unpaired) electrons. The second kappa shape index (κ2) is 8.36. The molecule has 0 aliphatic heterocycles. The first kappa shape index (κ1) is 16.2. The van der Waals surface area contributed by atoms with Gasteiger partial charge in [0.1, 0.15) is 0 Å². The highest BCUT2D eigenvalue weighted by atomic mass is 16.1. The smallest absolute Gasteiger partial charge is 0.251 e. The number of carbonyl (C=O) groups is 1. The molecular weight excluding hydrogens is 250 g/mol. The van der Waals surface area contributed by atoms with Crippen molar-refractivity contribution in [1.82, 2.24) is 10.2 Å². The van der Waals surface area contributed by atoms with Gasteiger partial charge >= 0.3 is 0 Å². The first-order valence-electron chi connectivity index (χ1n) is 6.84. The van der Waals surface area contributed by atoms with Crippen molar-refractivity contribution >= 4 is 5.91 Å². The van der Waals surface area contributed by atoms with Gasteiger partial charge in [0.2, 0.25) is 0 Å². The number of likely N-dealkylation sites (N-methyl/N-ethyl adjacent to an activating group) is 1. The van der Waals surface area contributed by atoms with E-state index < -0.39 is 0 Å². The van der Waals surface area contributed by atoms with Gasteiger partial charge in [-0.05, 0) is 38.2 Å². The fraction of sp³-hybridized carbons (Fsp3) is 0.438. The highest BCUT2D eigenvalue weighted by molar-refractivity contribution is 5.96. The molecule has 0 aliphatic rings. The van der Waals surface area contributed by atoms with Gasteiger partial charge in [-0.3, -0.25) is 4.79 Å². The average molecular weight is 273 g/mol. The van der Waals surface area contributed by atoms with Gasteiger partial charge in [0.15, 0.2) is 0 Å². The number of benzene rings is 1. The molecule has 0 saturated heterocycles. The molecule has 4 heteroatoms. The molecule has 1 amide bonds. The minimum absolute atomic E-state index is 0.0524. The summed E-state index contributed by atoms with van der Waals surface area (Å²) in [7, 11) is 2.03. The summed E-state index contributed by atoms with van der Waals surface area (Å²) in [4.78, 5) is 14.3. The van der Waals surface area contributed by atoms with Crippen molar-refractivity contribution in [3.8, 4) is 11.8 Å². The Kier molecular flexibility index (Phi) is 6.78. The van der Waals surface area contributed by atoms with Crippen LogP contribution in [0.1, 0.15) is 28.4 Å². The van der Waals surface area contributed by atoms with Gasteiger partial charge in [-0.15, -0.1) is 0 Å². The van der Waals surface area contributed by atoms with Gasteiger partial charge < -0.3 is 16.0 Å². The van der Waals surface area contributed by atoms with Gasteiger partial charge in [0, 0.05) is 24.2 Å². The first-order valence-corrected chi connectivity index (χ1v) is 6.84. The molecule has 0 spiro atoms. The Bertz CT molecular complexity index is 514. The number of aryl methyl sites for hydroxylation is 1. The molecule has 0 aromatic heterocycles. The highest BCUT2D eigenvalue weighted by Crippen LogP contribution is 2.10. The summed E-state index contributed by atoms with van der Waals surface area (Å²) in [5, 5.41) is 2.93. The fourth-order valence-electron chi connectivity index (χ4n) is 1.71. The molecule has 0 saturated carbocycles. The van der Waals surface area contributed by atoms with Crippen LogP contribution in [-0.4, -0.2) is 44.0 Å². The van der Waals surface area contributed by atoms with E-state index >= 15 is 0 Å². The molecule has 20 heavy (non-hydrogen) atoms. The van der Waals surface area contributed by atoms with Crippen molar-refractivity contribution in [3.05, 3.63) is 34.9 Å². The van der Waals surface area contributed by atoms with E-state index in [9.17, 15) is 4.79 Å². The number of rotatable bonds is 5. The molecule has 0 heterocycles. The summed E-state index contributed by atoms with van der Waals surface area (Å²) < 4.78 is 0. The van der Waals surface area contributed by atoms with E-state index in [1.165, 1.54) is 0 Å². The van der Waals surface area contributed by atoms with Crippen LogP contribution in [0.25, 0.3) is 0 Å². The van der Waals surface area contributed by atoms with E-state index in [1.807, 2.05) is 32.2 Å². The monoisotopic (exact) mass is 273 g/mol. The number of nitrogens with zero attached hydrogens (tertiary/aromatic N) is 1. The maximum atomic E-state index is 12.2. The Labute approximate surface area is 121 Å². The molecule has 4 nitrogen and oxygen atoms in total. The quantitative estimate of drug-likeness (QED) is 0.787. The summed E-state index contributed by atoms with van der Waals surface area (Å²) in [6.45, 7) is 6.78. The van der Waals surface area contributed by atoms with E-state index in [-0.39, 0.29) is 5.91 Å². The van der Waals surface area contributed by atoms with E-state index in [1.54, 1.807) is 0 Å². The van der Waals surface area contributed by atoms with Crippen LogP contribution in [0.2, 0.25) is 0 Å². The van der Waals surface area contributed by atoms with Crippen LogP contribution in [0.4, 0.5) is 0 Å². The van der Waals surface area contributed by atoms with E-state index in [4.69, 9.17) is 5.73 Å². The topological polar surface area (TPSA) is 58.4 Å². The molecule has 1 rings (SSSR count). The standard InChI is InChI=1S/C16H23N3O/c1-4-19(3)11-10-18-16(20)15-12-14(6-5-9-17)8-7-13(15)2/h7-8,12H,4,9-11,17H2,1-3H3,(H,18,20). The first-order chi connectivity index (χ1) is 9.58. The molecule has 0 atom stereocenters. The summed E-state index contributed by atoms with van der Waals surface area (Å²) in [5.41, 5.74) is 7.79. The van der Waals surface area contributed by atoms with E-state index in [2.05, 4.69) is 29.0 Å². The Hall–Kier alpha value is -1.83. The summed E-state index contributed by atoms with van der Waals surface area (Å²) in [5.74, 6) is 5.69. The van der Waals surface area contributed by atoms with E-state index in [0.29, 0.717) is 18.7 Å². The lowest BCUT2D eigenvalue weighted by atomic mass is 10.0. The van der Waals surface area contributed by atoms with E-state index in [0.717, 1.165) is 24.2 Å². The van der Waals surface area contributed by atoms with Crippen molar-refractivity contribution < 1.29 is 4.79 Å². The molecule has 1 aromatic carbocycles. The number of nitrogens with two attached hydrogens (primary N) is 1. The van der Waals surface area contributed by atoms with Crippen LogP contribution in [0.3, 0.4) is 0 Å². The molecule has 3 N–H and O–H groups in total. The van der Waals surface area contributed by atoms with Crippen LogP contribution < -0.4 is 11.1 Å². The minimum atomic E-state index is -0.0524. The van der Waals surface area contributed by atoms with Crippen molar-refractivity contribution in [2.45, 2.75) is 13.8 Å². The lowest BCUT2D eigenvalue weighted by Crippen LogP contribution is -2.33. The zero-order chi connectivity index (χ0) is 15.0. The Morgan fingerprint density at radius 1 is 1.45 bits per heavy atom. The Morgan fingerprint density at radius 2 is 2.20 bits per heavy atom. The normalized spacial score (nSPS) is 10.1. The Balaban J connectivity index is 2.71. The van der Waals surface area contributed by atoms with Crippen molar-refractivity contribution in [2.75, 3.05) is 33.2 Å². The molecular formula is C16H23N3O. The second-order valence-electron chi connectivity index (χ2n) is 4.69. The maximum absolute atomic E-state index is 12.2. The van der Waals surface area contributed by atoms with Crippen molar-refractivity contribution in [1.29, 1.82) is 0 Å². The number of nitrogens with one attached hydrogen (secondary N) is 1. The molecule has 0 unspecified atom stereocenters. The summed E-state index contributed by atoms with van der Waals surface area (Å²) in [6, 6.07) is 5.63. The number of hydrogen-bond donors (Lipinski definition) is 2. The summed E-state index contributed by atoms with van der Waals surface area (Å²) >= 11 is 0. The zero-order valence-electron chi connectivity index (χ0n) is 12.5. The van der Waals surface area contributed by atoms with Crippen LogP contribution in [0.15, 0.2) is 18.2 Å². The molecule has 1 aromatic rings. The second-order valence-corrected chi connectivity index (χ2v) is 4.69. The number of carbonyl (C=O) groups excluding carboxylic acids is 1. The predicted octanol–water partition coefficient (Wildman–Crippen LogP) is 0.987. The Morgan fingerprint density at radius 3 is 2.85 bits per heavy atom. The van der Waals surface area contributed by atoms with Crippen LogP contribution in [0, 0.1) is 18.8 Å². The lowest BCUT2D eigenvalue weighted by Gasteiger charge is -2.14. The largest absolute Gasteiger partial charge is 0.351 e. The molecule has 108 valence electrons. The van der Waals surface area contributed by atoms with Gasteiger partial charge in [-0.1, -0.05) is 24.8 Å². The maximum Gasteiger partial charge on any atom is 0.251 e. The van der Waals surface area contributed by atoms with Gasteiger partial charge in [-0.25, -0.2) is 0 Å². The third-order valence-electron chi connectivity index (χ3n) is 3.14.